The molecule has 19 heavy (non-hydrogen) atoms. The first-order chi connectivity index (χ1) is 9.19. The molecule has 0 radical (unpaired) electrons. The number of piperidine rings is 1. The van der Waals surface area contributed by atoms with Crippen LogP contribution in [-0.2, 0) is 11.3 Å². The van der Waals surface area contributed by atoms with E-state index in [-0.39, 0.29) is 11.2 Å². The molecule has 0 unspecified atom stereocenters. The van der Waals surface area contributed by atoms with E-state index in [2.05, 4.69) is 20.4 Å². The van der Waals surface area contributed by atoms with Crippen LogP contribution in [0, 0.1) is 0 Å². The standard InChI is InChI=1S/C12H20N4O2S/c1-9(11(17)13-2)19-12-15-14-10(18-12)8-16-6-4-3-5-7-16/h9H,3-8H2,1-2H3,(H,13,17)/t9-/m0/s1. The highest BCUT2D eigenvalue weighted by molar-refractivity contribution is 8.00. The van der Waals surface area contributed by atoms with Crippen molar-refractivity contribution in [3.63, 3.8) is 0 Å². The van der Waals surface area contributed by atoms with Crippen molar-refractivity contribution in [2.75, 3.05) is 20.1 Å². The Kier molecular flexibility index (Phi) is 5.21. The summed E-state index contributed by atoms with van der Waals surface area (Å²) in [4.78, 5) is 13.7. The number of aromatic nitrogens is 2. The van der Waals surface area contributed by atoms with E-state index in [0.717, 1.165) is 13.1 Å². The first kappa shape index (κ1) is 14.3. The molecule has 6 nitrogen and oxygen atoms in total. The third kappa shape index (κ3) is 4.21. The molecule has 106 valence electrons. The van der Waals surface area contributed by atoms with E-state index in [1.54, 1.807) is 7.05 Å². The van der Waals surface area contributed by atoms with Crippen LogP contribution in [-0.4, -0.2) is 46.4 Å². The van der Waals surface area contributed by atoms with Crippen LogP contribution in [0.2, 0.25) is 0 Å². The summed E-state index contributed by atoms with van der Waals surface area (Å²) < 4.78 is 5.57. The zero-order valence-corrected chi connectivity index (χ0v) is 12.2. The van der Waals surface area contributed by atoms with Gasteiger partial charge in [-0.25, -0.2) is 0 Å². The van der Waals surface area contributed by atoms with Gasteiger partial charge in [-0.3, -0.25) is 9.69 Å². The second-order valence-electron chi connectivity index (χ2n) is 4.67. The van der Waals surface area contributed by atoms with Gasteiger partial charge in [-0.2, -0.15) is 0 Å². The first-order valence-corrected chi connectivity index (χ1v) is 7.50. The molecule has 0 bridgehead atoms. The molecule has 1 atom stereocenters. The molecule has 7 heteroatoms. The Bertz CT molecular complexity index is 418. The Morgan fingerprint density at radius 3 is 2.84 bits per heavy atom. The maximum atomic E-state index is 11.4. The van der Waals surface area contributed by atoms with Gasteiger partial charge in [0.05, 0.1) is 11.8 Å². The fourth-order valence-electron chi connectivity index (χ4n) is 2.07. The summed E-state index contributed by atoms with van der Waals surface area (Å²) in [5.74, 6) is 0.592. The van der Waals surface area contributed by atoms with Crippen LogP contribution in [0.1, 0.15) is 32.1 Å². The number of nitrogens with zero attached hydrogens (tertiary/aromatic N) is 3. The normalized spacial score (nSPS) is 18.2. The van der Waals surface area contributed by atoms with E-state index < -0.39 is 0 Å². The lowest BCUT2D eigenvalue weighted by atomic mass is 10.1. The fourth-order valence-corrected chi connectivity index (χ4v) is 2.83. The summed E-state index contributed by atoms with van der Waals surface area (Å²) >= 11 is 1.29. The lowest BCUT2D eigenvalue weighted by Crippen LogP contribution is -2.29. The summed E-state index contributed by atoms with van der Waals surface area (Å²) in [5, 5.41) is 10.8. The minimum Gasteiger partial charge on any atom is -0.415 e. The summed E-state index contributed by atoms with van der Waals surface area (Å²) in [5.41, 5.74) is 0. The topological polar surface area (TPSA) is 71.3 Å². The van der Waals surface area contributed by atoms with Crippen LogP contribution >= 0.6 is 11.8 Å². The van der Waals surface area contributed by atoms with Crippen LogP contribution in [0.15, 0.2) is 9.64 Å². The van der Waals surface area contributed by atoms with E-state index >= 15 is 0 Å². The average Bonchev–Trinajstić information content (AvgIpc) is 2.86. The number of thioether (sulfide) groups is 1. The maximum Gasteiger partial charge on any atom is 0.277 e. The monoisotopic (exact) mass is 284 g/mol. The van der Waals surface area contributed by atoms with Gasteiger partial charge in [0.25, 0.3) is 5.22 Å². The van der Waals surface area contributed by atoms with Crippen LogP contribution in [0.5, 0.6) is 0 Å². The van der Waals surface area contributed by atoms with Crippen LogP contribution in [0.25, 0.3) is 0 Å². The van der Waals surface area contributed by atoms with Crippen molar-refractivity contribution < 1.29 is 9.21 Å². The molecule has 1 aromatic heterocycles. The van der Waals surface area contributed by atoms with Crippen LogP contribution in [0.3, 0.4) is 0 Å². The van der Waals surface area contributed by atoms with Crippen LogP contribution in [0.4, 0.5) is 0 Å². The molecule has 2 heterocycles. The maximum absolute atomic E-state index is 11.4. The number of rotatable bonds is 5. The third-order valence-electron chi connectivity index (χ3n) is 3.15. The molecule has 0 aromatic carbocycles. The quantitative estimate of drug-likeness (QED) is 0.821. The zero-order chi connectivity index (χ0) is 13.7. The van der Waals surface area contributed by atoms with Crippen molar-refractivity contribution in [2.45, 2.75) is 43.2 Å². The first-order valence-electron chi connectivity index (χ1n) is 6.62. The predicted molar refractivity (Wildman–Crippen MR) is 72.8 cm³/mol. The second kappa shape index (κ2) is 6.91. The molecule has 1 saturated heterocycles. The van der Waals surface area contributed by atoms with E-state index in [9.17, 15) is 4.79 Å². The van der Waals surface area contributed by atoms with Crippen molar-refractivity contribution in [3.8, 4) is 0 Å². The highest BCUT2D eigenvalue weighted by Gasteiger charge is 2.18. The minimum atomic E-state index is -0.228. The highest BCUT2D eigenvalue weighted by Crippen LogP contribution is 2.22. The predicted octanol–water partition coefficient (Wildman–Crippen LogP) is 1.28. The minimum absolute atomic E-state index is 0.0409. The largest absolute Gasteiger partial charge is 0.415 e. The van der Waals surface area contributed by atoms with E-state index in [0.29, 0.717) is 17.7 Å². The van der Waals surface area contributed by atoms with E-state index in [1.165, 1.54) is 31.0 Å². The molecule has 2 rings (SSSR count). The molecule has 1 fully saturated rings. The summed E-state index contributed by atoms with van der Waals surface area (Å²) in [6, 6.07) is 0. The number of nitrogens with one attached hydrogen (secondary N) is 1. The van der Waals surface area contributed by atoms with E-state index in [4.69, 9.17) is 4.42 Å². The summed E-state index contributed by atoms with van der Waals surface area (Å²) in [6.07, 6.45) is 3.79. The Morgan fingerprint density at radius 2 is 2.16 bits per heavy atom. The summed E-state index contributed by atoms with van der Waals surface area (Å²) in [7, 11) is 1.62. The number of carbonyl (C=O) groups is 1. The third-order valence-corrected chi connectivity index (χ3v) is 4.08. The fraction of sp³-hybridized carbons (Fsp3) is 0.750. The molecule has 0 spiro atoms. The molecule has 1 amide bonds. The molecular weight excluding hydrogens is 264 g/mol. The number of amides is 1. The number of carbonyl (C=O) groups excluding carboxylic acids is 1. The molecule has 0 aliphatic carbocycles. The molecule has 1 aliphatic rings. The Hall–Kier alpha value is -1.08. The number of likely N-dealkylation sites (tertiary alicyclic amines) is 1. The molecule has 0 saturated carbocycles. The van der Waals surface area contributed by atoms with Gasteiger partial charge >= 0.3 is 0 Å². The Balaban J connectivity index is 1.86. The van der Waals surface area contributed by atoms with Gasteiger partial charge in [0, 0.05) is 7.05 Å². The summed E-state index contributed by atoms with van der Waals surface area (Å²) in [6.45, 7) is 4.72. The SMILES string of the molecule is CNC(=O)[C@H](C)Sc1nnc(CN2CCCCC2)o1. The van der Waals surface area contributed by atoms with Gasteiger partial charge in [-0.15, -0.1) is 10.2 Å². The van der Waals surface area contributed by atoms with Gasteiger partial charge in [0.15, 0.2) is 0 Å². The Morgan fingerprint density at radius 1 is 1.42 bits per heavy atom. The highest BCUT2D eigenvalue weighted by atomic mass is 32.2. The molecule has 1 aliphatic heterocycles. The van der Waals surface area contributed by atoms with Crippen LogP contribution < -0.4 is 5.32 Å². The van der Waals surface area contributed by atoms with Gasteiger partial charge in [0.2, 0.25) is 11.8 Å². The van der Waals surface area contributed by atoms with Crippen molar-refractivity contribution in [1.82, 2.24) is 20.4 Å². The molecular formula is C12H20N4O2S. The molecule has 1 N–H and O–H groups in total. The Labute approximate surface area is 117 Å². The van der Waals surface area contributed by atoms with Gasteiger partial charge in [-0.05, 0) is 32.9 Å². The zero-order valence-electron chi connectivity index (χ0n) is 11.4. The lowest BCUT2D eigenvalue weighted by molar-refractivity contribution is -0.119. The average molecular weight is 284 g/mol. The van der Waals surface area contributed by atoms with Gasteiger partial charge in [-0.1, -0.05) is 18.2 Å². The van der Waals surface area contributed by atoms with E-state index in [1.807, 2.05) is 6.92 Å². The smallest absolute Gasteiger partial charge is 0.277 e. The second-order valence-corrected chi connectivity index (χ2v) is 5.96. The lowest BCUT2D eigenvalue weighted by Gasteiger charge is -2.24. The van der Waals surface area contributed by atoms with Crippen molar-refractivity contribution in [2.24, 2.45) is 0 Å². The van der Waals surface area contributed by atoms with Gasteiger partial charge < -0.3 is 9.73 Å². The van der Waals surface area contributed by atoms with Crippen molar-refractivity contribution >= 4 is 17.7 Å². The number of hydrogen-bond acceptors (Lipinski definition) is 6. The van der Waals surface area contributed by atoms with Crippen molar-refractivity contribution in [3.05, 3.63) is 5.89 Å². The van der Waals surface area contributed by atoms with Gasteiger partial charge in [0.1, 0.15) is 0 Å². The number of hydrogen-bond donors (Lipinski definition) is 1. The molecule has 1 aromatic rings. The van der Waals surface area contributed by atoms with Crippen molar-refractivity contribution in [1.29, 1.82) is 0 Å².